The van der Waals surface area contributed by atoms with Crippen LogP contribution in [0.15, 0.2) is 83.1 Å². The van der Waals surface area contributed by atoms with Crippen molar-refractivity contribution >= 4 is 48.9 Å². The van der Waals surface area contributed by atoms with Crippen molar-refractivity contribution in [2.75, 3.05) is 18.0 Å². The molecule has 0 bridgehead atoms. The minimum absolute atomic E-state index is 0.0858. The van der Waals surface area contributed by atoms with Crippen LogP contribution in [0.5, 0.6) is 0 Å². The zero-order valence-electron chi connectivity index (χ0n) is 21.9. The number of rotatable bonds is 7. The molecule has 1 saturated heterocycles. The largest absolute Gasteiger partial charge is 0.481 e. The molecule has 1 fully saturated rings. The SMILES string of the molecule is [C-]#[N+]c1sccc1-c1c(-c2cccc(N3CC(C(=O)O)C3)c2)n(S(=O)(=O)c2ccc(CC)cc2)c2ccc(F)cc12. The summed E-state index contributed by atoms with van der Waals surface area (Å²) >= 11 is 1.23. The minimum Gasteiger partial charge on any atom is -0.481 e. The molecule has 0 amide bonds. The fraction of sp³-hybridized carbons (Fsp3) is 0.161. The van der Waals surface area contributed by atoms with Crippen LogP contribution in [-0.4, -0.2) is 36.6 Å². The number of hydrogen-bond acceptors (Lipinski definition) is 5. The first-order chi connectivity index (χ1) is 19.7. The number of thiophene rings is 1. The van der Waals surface area contributed by atoms with Crippen molar-refractivity contribution < 1.29 is 22.7 Å². The van der Waals surface area contributed by atoms with Gasteiger partial charge in [0.1, 0.15) is 5.82 Å². The molecule has 3 heterocycles. The van der Waals surface area contributed by atoms with Crippen molar-refractivity contribution in [2.45, 2.75) is 18.2 Å². The first-order valence-electron chi connectivity index (χ1n) is 12.9. The zero-order chi connectivity index (χ0) is 28.9. The summed E-state index contributed by atoms with van der Waals surface area (Å²) in [6.07, 6.45) is 0.755. The second kappa shape index (κ2) is 10.2. The molecule has 0 aliphatic carbocycles. The van der Waals surface area contributed by atoms with Crippen molar-refractivity contribution in [3.05, 3.63) is 101 Å². The van der Waals surface area contributed by atoms with Crippen LogP contribution in [0.1, 0.15) is 12.5 Å². The van der Waals surface area contributed by atoms with Gasteiger partial charge in [0.2, 0.25) is 5.00 Å². The highest BCUT2D eigenvalue weighted by molar-refractivity contribution is 7.90. The lowest BCUT2D eigenvalue weighted by Crippen LogP contribution is -2.50. The number of aromatic nitrogens is 1. The summed E-state index contributed by atoms with van der Waals surface area (Å²) in [5, 5.41) is 11.8. The van der Waals surface area contributed by atoms with E-state index in [1.165, 1.54) is 33.5 Å². The summed E-state index contributed by atoms with van der Waals surface area (Å²) < 4.78 is 44.8. The van der Waals surface area contributed by atoms with E-state index in [1.807, 2.05) is 24.0 Å². The third-order valence-electron chi connectivity index (χ3n) is 7.49. The van der Waals surface area contributed by atoms with Gasteiger partial charge in [0.25, 0.3) is 10.0 Å². The number of carboxylic acid groups (broad SMARTS) is 1. The molecule has 0 atom stereocenters. The molecule has 5 aromatic rings. The molecule has 6 rings (SSSR count). The van der Waals surface area contributed by atoms with Crippen molar-refractivity contribution in [3.63, 3.8) is 0 Å². The maximum absolute atomic E-state index is 14.7. The van der Waals surface area contributed by atoms with Crippen LogP contribution in [-0.2, 0) is 21.2 Å². The van der Waals surface area contributed by atoms with Gasteiger partial charge in [0.05, 0.1) is 28.6 Å². The van der Waals surface area contributed by atoms with Gasteiger partial charge in [0.15, 0.2) is 0 Å². The minimum atomic E-state index is -4.19. The normalized spacial score (nSPS) is 13.7. The number of nitrogens with zero attached hydrogens (tertiary/aromatic N) is 3. The Morgan fingerprint density at radius 2 is 1.85 bits per heavy atom. The topological polar surface area (TPSA) is 84.0 Å². The highest BCUT2D eigenvalue weighted by atomic mass is 32.2. The number of hydrogen-bond donors (Lipinski definition) is 1. The second-order valence-corrected chi connectivity index (χ2v) is 12.6. The summed E-state index contributed by atoms with van der Waals surface area (Å²) in [7, 11) is -4.19. The monoisotopic (exact) mass is 585 g/mol. The second-order valence-electron chi connectivity index (χ2n) is 9.89. The standard InChI is InChI=1S/C31H24FN3O4S2/c1-3-19-7-10-24(11-8-19)41(38,39)35-27-12-9-22(32)16-26(27)28(25-13-14-40-30(25)33-2)29(35)20-5-4-6-23(15-20)34-17-21(18-34)31(36)37/h4-16,21H,3,17-18H2,1H3,(H,36,37). The summed E-state index contributed by atoms with van der Waals surface area (Å²) in [5.74, 6) is -1.85. The predicted octanol–water partition coefficient (Wildman–Crippen LogP) is 7.05. The van der Waals surface area contributed by atoms with E-state index in [4.69, 9.17) is 6.57 Å². The molecule has 1 N–H and O–H groups in total. The Morgan fingerprint density at radius 1 is 1.10 bits per heavy atom. The lowest BCUT2D eigenvalue weighted by atomic mass is 9.97. The average Bonchev–Trinajstić information content (AvgIpc) is 3.54. The van der Waals surface area contributed by atoms with Crippen LogP contribution >= 0.6 is 11.3 Å². The summed E-state index contributed by atoms with van der Waals surface area (Å²) in [4.78, 5) is 17.1. The molecule has 0 radical (unpaired) electrons. The number of benzene rings is 3. The Balaban J connectivity index is 1.66. The Bertz CT molecular complexity index is 1960. The van der Waals surface area contributed by atoms with E-state index in [-0.39, 0.29) is 4.90 Å². The molecule has 3 aromatic carbocycles. The van der Waals surface area contributed by atoms with Crippen molar-refractivity contribution in [1.82, 2.24) is 3.97 Å². The number of aryl methyl sites for hydroxylation is 1. The van der Waals surface area contributed by atoms with Crippen molar-refractivity contribution in [3.8, 4) is 22.4 Å². The van der Waals surface area contributed by atoms with Crippen LogP contribution < -0.4 is 4.90 Å². The molecule has 2 aromatic heterocycles. The van der Waals surface area contributed by atoms with Crippen LogP contribution in [0.3, 0.4) is 0 Å². The third-order valence-corrected chi connectivity index (χ3v) is 10.0. The molecule has 0 saturated carbocycles. The van der Waals surface area contributed by atoms with Gasteiger partial charge in [-0.2, -0.15) is 11.3 Å². The quantitative estimate of drug-likeness (QED) is 0.207. The molecule has 0 spiro atoms. The van der Waals surface area contributed by atoms with Gasteiger partial charge in [0, 0.05) is 40.9 Å². The Morgan fingerprint density at radius 3 is 2.54 bits per heavy atom. The molecule has 206 valence electrons. The number of anilines is 1. The van der Waals surface area contributed by atoms with E-state index < -0.39 is 27.7 Å². The van der Waals surface area contributed by atoms with Crippen molar-refractivity contribution in [2.24, 2.45) is 5.92 Å². The molecule has 0 unspecified atom stereocenters. The predicted molar refractivity (Wildman–Crippen MR) is 159 cm³/mol. The van der Waals surface area contributed by atoms with E-state index in [1.54, 1.807) is 47.8 Å². The van der Waals surface area contributed by atoms with E-state index in [0.717, 1.165) is 17.7 Å². The van der Waals surface area contributed by atoms with E-state index >= 15 is 0 Å². The molecular weight excluding hydrogens is 561 g/mol. The summed E-state index contributed by atoms with van der Waals surface area (Å²) in [5.41, 5.74) is 3.85. The van der Waals surface area contributed by atoms with Gasteiger partial charge >= 0.3 is 5.97 Å². The van der Waals surface area contributed by atoms with E-state index in [0.29, 0.717) is 51.4 Å². The summed E-state index contributed by atoms with van der Waals surface area (Å²) in [6, 6.07) is 19.7. The molecule has 41 heavy (non-hydrogen) atoms. The van der Waals surface area contributed by atoms with Gasteiger partial charge in [-0.25, -0.2) is 21.6 Å². The van der Waals surface area contributed by atoms with Crippen LogP contribution in [0, 0.1) is 18.3 Å². The first-order valence-corrected chi connectivity index (χ1v) is 15.3. The lowest BCUT2D eigenvalue weighted by molar-refractivity contribution is -0.142. The molecular formula is C31H24FN3O4S2. The number of fused-ring (bicyclic) bond motifs is 1. The van der Waals surface area contributed by atoms with E-state index in [2.05, 4.69) is 4.85 Å². The fourth-order valence-electron chi connectivity index (χ4n) is 5.30. The van der Waals surface area contributed by atoms with Gasteiger partial charge in [-0.1, -0.05) is 37.3 Å². The van der Waals surface area contributed by atoms with Crippen molar-refractivity contribution in [1.29, 1.82) is 0 Å². The Kier molecular flexibility index (Phi) is 6.64. The number of carbonyl (C=O) groups is 1. The first kappa shape index (κ1) is 26.7. The maximum Gasteiger partial charge on any atom is 0.310 e. The van der Waals surface area contributed by atoms with Gasteiger partial charge in [-0.05, 0) is 59.8 Å². The third kappa shape index (κ3) is 4.47. The highest BCUT2D eigenvalue weighted by Crippen LogP contribution is 2.48. The Hall–Kier alpha value is -4.46. The van der Waals surface area contributed by atoms with Crippen LogP contribution in [0.2, 0.25) is 0 Å². The highest BCUT2D eigenvalue weighted by Gasteiger charge is 2.34. The molecule has 7 nitrogen and oxygen atoms in total. The molecule has 1 aliphatic heterocycles. The molecule has 10 heteroatoms. The maximum atomic E-state index is 14.7. The number of halogens is 1. The van der Waals surface area contributed by atoms with Gasteiger partial charge < -0.3 is 10.0 Å². The molecule has 1 aliphatic rings. The lowest BCUT2D eigenvalue weighted by Gasteiger charge is -2.38. The van der Waals surface area contributed by atoms with Gasteiger partial charge in [-0.3, -0.25) is 4.79 Å². The number of aliphatic carboxylic acids is 1. The number of carboxylic acids is 1. The zero-order valence-corrected chi connectivity index (χ0v) is 23.5. The summed E-state index contributed by atoms with van der Waals surface area (Å²) in [6.45, 7) is 10.4. The van der Waals surface area contributed by atoms with Crippen LogP contribution in [0.4, 0.5) is 15.1 Å². The van der Waals surface area contributed by atoms with Gasteiger partial charge in [-0.15, -0.1) is 0 Å². The Labute approximate surface area is 240 Å². The fourth-order valence-corrected chi connectivity index (χ4v) is 7.52. The van der Waals surface area contributed by atoms with E-state index in [9.17, 15) is 22.7 Å². The average molecular weight is 586 g/mol. The smallest absolute Gasteiger partial charge is 0.310 e. The van der Waals surface area contributed by atoms with Crippen LogP contribution in [0.25, 0.3) is 38.1 Å².